The predicted octanol–water partition coefficient (Wildman–Crippen LogP) is 1.81. The second-order valence-electron chi connectivity index (χ2n) is 5.31. The molecule has 102 valence electrons. The van der Waals surface area contributed by atoms with Gasteiger partial charge in [0.2, 0.25) is 5.89 Å². The quantitative estimate of drug-likeness (QED) is 0.866. The fourth-order valence-corrected chi connectivity index (χ4v) is 2.63. The van der Waals surface area contributed by atoms with E-state index in [0.29, 0.717) is 13.0 Å². The normalized spacial score (nSPS) is 20.8. The zero-order valence-corrected chi connectivity index (χ0v) is 11.3. The van der Waals surface area contributed by atoms with E-state index >= 15 is 0 Å². The highest BCUT2D eigenvalue weighted by Crippen LogP contribution is 2.37. The van der Waals surface area contributed by atoms with Crippen molar-refractivity contribution >= 4 is 0 Å². The molecule has 2 rings (SSSR count). The number of rotatable bonds is 5. The van der Waals surface area contributed by atoms with Gasteiger partial charge in [-0.15, -0.1) is 0 Å². The Morgan fingerprint density at radius 3 is 2.72 bits per heavy atom. The zero-order valence-electron chi connectivity index (χ0n) is 11.3. The van der Waals surface area contributed by atoms with Crippen LogP contribution in [0.4, 0.5) is 0 Å². The summed E-state index contributed by atoms with van der Waals surface area (Å²) in [7, 11) is 1.69. The molecule has 1 aliphatic carbocycles. The third-order valence-electron chi connectivity index (χ3n) is 4.00. The third kappa shape index (κ3) is 2.72. The van der Waals surface area contributed by atoms with Crippen LogP contribution in [0.1, 0.15) is 50.7 Å². The topological polar surface area (TPSA) is 74.2 Å². The molecule has 0 saturated heterocycles. The van der Waals surface area contributed by atoms with Crippen molar-refractivity contribution in [3.8, 4) is 0 Å². The fourth-order valence-electron chi connectivity index (χ4n) is 2.63. The van der Waals surface area contributed by atoms with Gasteiger partial charge in [-0.2, -0.15) is 4.98 Å². The van der Waals surface area contributed by atoms with Crippen LogP contribution in [0, 0.1) is 0 Å². The lowest BCUT2D eigenvalue weighted by Crippen LogP contribution is -2.37. The molecular weight excluding hydrogens is 230 g/mol. The van der Waals surface area contributed by atoms with Crippen molar-refractivity contribution in [1.29, 1.82) is 0 Å². The monoisotopic (exact) mass is 253 g/mol. The smallest absolute Gasteiger partial charge is 0.234 e. The molecule has 18 heavy (non-hydrogen) atoms. The van der Waals surface area contributed by atoms with Crippen molar-refractivity contribution in [3.63, 3.8) is 0 Å². The zero-order chi connectivity index (χ0) is 13.0. The predicted molar refractivity (Wildman–Crippen MR) is 68.3 cm³/mol. The van der Waals surface area contributed by atoms with E-state index in [-0.39, 0.29) is 11.5 Å². The minimum atomic E-state index is -0.0835. The molecule has 0 radical (unpaired) electrons. The van der Waals surface area contributed by atoms with Crippen LogP contribution in [-0.2, 0) is 16.6 Å². The van der Waals surface area contributed by atoms with Crippen LogP contribution in [0.15, 0.2) is 4.52 Å². The molecule has 2 N–H and O–H groups in total. The van der Waals surface area contributed by atoms with Crippen molar-refractivity contribution in [2.45, 2.75) is 57.0 Å². The summed E-state index contributed by atoms with van der Waals surface area (Å²) < 4.78 is 10.7. The molecule has 1 aromatic rings. The number of nitrogens with zero attached hydrogens (tertiary/aromatic N) is 2. The molecule has 1 aromatic heterocycles. The first-order chi connectivity index (χ1) is 8.70. The molecule has 5 heteroatoms. The van der Waals surface area contributed by atoms with Gasteiger partial charge in [0.25, 0.3) is 0 Å². The number of hydrogen-bond acceptors (Lipinski definition) is 5. The van der Waals surface area contributed by atoms with Crippen LogP contribution >= 0.6 is 0 Å². The van der Waals surface area contributed by atoms with Gasteiger partial charge >= 0.3 is 0 Å². The van der Waals surface area contributed by atoms with Crippen LogP contribution in [0.3, 0.4) is 0 Å². The van der Waals surface area contributed by atoms with E-state index in [1.54, 1.807) is 7.11 Å². The highest BCUT2D eigenvalue weighted by molar-refractivity contribution is 5.08. The van der Waals surface area contributed by atoms with E-state index in [1.807, 2.05) is 6.92 Å². The molecule has 5 nitrogen and oxygen atoms in total. The largest absolute Gasteiger partial charge is 0.381 e. The van der Waals surface area contributed by atoms with Gasteiger partial charge in [-0.1, -0.05) is 24.4 Å². The van der Waals surface area contributed by atoms with Crippen LogP contribution in [0.2, 0.25) is 0 Å². The molecule has 0 aromatic carbocycles. The molecule has 1 unspecified atom stereocenters. The summed E-state index contributed by atoms with van der Waals surface area (Å²) in [6.45, 7) is 2.59. The van der Waals surface area contributed by atoms with Crippen LogP contribution in [-0.4, -0.2) is 29.9 Å². The van der Waals surface area contributed by atoms with Crippen molar-refractivity contribution in [2.24, 2.45) is 5.73 Å². The summed E-state index contributed by atoms with van der Waals surface area (Å²) in [6.07, 6.45) is 6.59. The van der Waals surface area contributed by atoms with Crippen molar-refractivity contribution in [2.75, 3.05) is 13.7 Å². The Morgan fingerprint density at radius 1 is 1.39 bits per heavy atom. The maximum atomic E-state index is 5.95. The Labute approximate surface area is 108 Å². The maximum Gasteiger partial charge on any atom is 0.234 e. The summed E-state index contributed by atoms with van der Waals surface area (Å²) in [4.78, 5) is 4.53. The van der Waals surface area contributed by atoms with Gasteiger partial charge in [0.15, 0.2) is 5.82 Å². The Kier molecular flexibility index (Phi) is 4.35. The summed E-state index contributed by atoms with van der Waals surface area (Å²) in [5.74, 6) is 1.45. The Bertz CT molecular complexity index is 372. The molecule has 0 spiro atoms. The van der Waals surface area contributed by atoms with E-state index in [4.69, 9.17) is 15.0 Å². The van der Waals surface area contributed by atoms with Gasteiger partial charge in [-0.25, -0.2) is 0 Å². The molecule has 0 amide bonds. The van der Waals surface area contributed by atoms with E-state index < -0.39 is 0 Å². The first kappa shape index (κ1) is 13.5. The Balaban J connectivity index is 2.12. The Hall–Kier alpha value is -0.940. The number of hydrogen-bond donors (Lipinski definition) is 1. The van der Waals surface area contributed by atoms with Gasteiger partial charge in [0.1, 0.15) is 0 Å². The van der Waals surface area contributed by atoms with Crippen molar-refractivity contribution in [1.82, 2.24) is 10.1 Å². The first-order valence-corrected chi connectivity index (χ1v) is 6.76. The molecule has 1 aliphatic rings. The third-order valence-corrected chi connectivity index (χ3v) is 4.00. The lowest BCUT2D eigenvalue weighted by molar-refractivity contribution is 0.116. The molecule has 1 atom stereocenters. The number of ether oxygens (including phenoxy) is 1. The average molecular weight is 253 g/mol. The molecule has 1 heterocycles. The van der Waals surface area contributed by atoms with Crippen molar-refractivity contribution in [3.05, 3.63) is 11.7 Å². The lowest BCUT2D eigenvalue weighted by atomic mass is 9.74. The van der Waals surface area contributed by atoms with Gasteiger partial charge in [-0.3, -0.25) is 0 Å². The summed E-state index contributed by atoms with van der Waals surface area (Å²) >= 11 is 0. The van der Waals surface area contributed by atoms with E-state index in [0.717, 1.165) is 24.6 Å². The minimum Gasteiger partial charge on any atom is -0.381 e. The van der Waals surface area contributed by atoms with E-state index in [2.05, 4.69) is 10.1 Å². The van der Waals surface area contributed by atoms with Gasteiger partial charge in [-0.05, 0) is 19.8 Å². The lowest BCUT2D eigenvalue weighted by Gasteiger charge is -2.32. The second kappa shape index (κ2) is 5.80. The molecule has 0 bridgehead atoms. The summed E-state index contributed by atoms with van der Waals surface area (Å²) in [6, 6.07) is 0. The Morgan fingerprint density at radius 2 is 2.11 bits per heavy atom. The van der Waals surface area contributed by atoms with Crippen LogP contribution in [0.5, 0.6) is 0 Å². The molecule has 1 fully saturated rings. The standard InChI is InChI=1S/C13H23N3O2/c1-10(17-2)8-11-15-12(18-16-11)13(9-14)6-4-3-5-7-13/h10H,3-9,14H2,1-2H3. The second-order valence-corrected chi connectivity index (χ2v) is 5.31. The molecule has 0 aliphatic heterocycles. The average Bonchev–Trinajstić information content (AvgIpc) is 2.88. The van der Waals surface area contributed by atoms with E-state index in [1.165, 1.54) is 19.3 Å². The van der Waals surface area contributed by atoms with Gasteiger partial charge in [0.05, 0.1) is 11.5 Å². The summed E-state index contributed by atoms with van der Waals surface area (Å²) in [5.41, 5.74) is 5.87. The number of methoxy groups -OCH3 is 1. The molecular formula is C13H23N3O2. The van der Waals surface area contributed by atoms with Crippen LogP contribution in [0.25, 0.3) is 0 Å². The highest BCUT2D eigenvalue weighted by atomic mass is 16.5. The fraction of sp³-hybridized carbons (Fsp3) is 0.846. The van der Waals surface area contributed by atoms with E-state index in [9.17, 15) is 0 Å². The highest BCUT2D eigenvalue weighted by Gasteiger charge is 2.37. The van der Waals surface area contributed by atoms with Gasteiger partial charge in [0, 0.05) is 20.1 Å². The minimum absolute atomic E-state index is 0.0835. The van der Waals surface area contributed by atoms with Crippen molar-refractivity contribution < 1.29 is 9.26 Å². The molecule has 1 saturated carbocycles. The van der Waals surface area contributed by atoms with Crippen LogP contribution < -0.4 is 5.73 Å². The van der Waals surface area contributed by atoms with Gasteiger partial charge < -0.3 is 15.0 Å². The SMILES string of the molecule is COC(C)Cc1noc(C2(CN)CCCCC2)n1. The first-order valence-electron chi connectivity index (χ1n) is 6.76. The maximum absolute atomic E-state index is 5.95. The number of aromatic nitrogens is 2. The number of nitrogens with two attached hydrogens (primary N) is 1. The summed E-state index contributed by atoms with van der Waals surface area (Å²) in [5, 5.41) is 4.05.